The third-order valence-electron chi connectivity index (χ3n) is 2.97. The van der Waals surface area contributed by atoms with Crippen molar-refractivity contribution in [2.24, 2.45) is 5.92 Å². The molecule has 1 aromatic heterocycles. The molecule has 0 aromatic carbocycles. The van der Waals surface area contributed by atoms with E-state index >= 15 is 0 Å². The molecule has 1 saturated heterocycles. The van der Waals surface area contributed by atoms with Crippen LogP contribution in [-0.4, -0.2) is 36.5 Å². The second kappa shape index (κ2) is 5.53. The van der Waals surface area contributed by atoms with Crippen LogP contribution in [0.2, 0.25) is 5.15 Å². The Balaban J connectivity index is 2.34. The summed E-state index contributed by atoms with van der Waals surface area (Å²) < 4.78 is 33.9. The zero-order valence-corrected chi connectivity index (χ0v) is 12.0. The van der Waals surface area contributed by atoms with Crippen LogP contribution in [0.4, 0.5) is 15.3 Å². The van der Waals surface area contributed by atoms with Crippen LogP contribution in [0.5, 0.6) is 0 Å². The molecule has 2 heterocycles. The molecule has 1 fully saturated rings. The maximum Gasteiger partial charge on any atom is 0.329 e. The smallest absolute Gasteiger partial charge is 0.306 e. The highest BCUT2D eigenvalue weighted by Crippen LogP contribution is 2.36. The number of pyridine rings is 1. The fraction of sp³-hybridized carbons (Fsp3) is 0.400. The van der Waals surface area contributed by atoms with Gasteiger partial charge in [0.15, 0.2) is 0 Å². The standard InChI is InChI=1S/C10H9ClFN3O5S/c11-10-9(15(17)18)7(1-2-13-10)14-4-6(3-8(14)16)5-21(12,19)20/h1-2,6H,3-5H2. The van der Waals surface area contributed by atoms with Crippen molar-refractivity contribution in [2.75, 3.05) is 17.2 Å². The third kappa shape index (κ3) is 3.45. The molecular weight excluding hydrogens is 329 g/mol. The van der Waals surface area contributed by atoms with Crippen molar-refractivity contribution >= 4 is 39.1 Å². The molecule has 114 valence electrons. The summed E-state index contributed by atoms with van der Waals surface area (Å²) in [6.07, 6.45) is 0.984. The number of nitro groups is 1. The van der Waals surface area contributed by atoms with Gasteiger partial charge in [-0.3, -0.25) is 14.9 Å². The molecule has 1 aliphatic rings. The van der Waals surface area contributed by atoms with Gasteiger partial charge in [0.1, 0.15) is 5.69 Å². The summed E-state index contributed by atoms with van der Waals surface area (Å²) in [6.45, 7) is -0.136. The lowest BCUT2D eigenvalue weighted by atomic mass is 10.1. The van der Waals surface area contributed by atoms with Crippen LogP contribution in [0.15, 0.2) is 12.3 Å². The van der Waals surface area contributed by atoms with Crippen LogP contribution >= 0.6 is 11.6 Å². The maximum atomic E-state index is 12.7. The topological polar surface area (TPSA) is 110 Å². The van der Waals surface area contributed by atoms with Crippen molar-refractivity contribution in [2.45, 2.75) is 6.42 Å². The highest BCUT2D eigenvalue weighted by atomic mass is 35.5. The van der Waals surface area contributed by atoms with E-state index < -0.39 is 38.4 Å². The fourth-order valence-electron chi connectivity index (χ4n) is 2.21. The lowest BCUT2D eigenvalue weighted by molar-refractivity contribution is -0.384. The summed E-state index contributed by atoms with van der Waals surface area (Å²) in [5.74, 6) is -2.10. The molecule has 1 aromatic rings. The van der Waals surface area contributed by atoms with Crippen LogP contribution in [0.25, 0.3) is 0 Å². The Labute approximate surface area is 123 Å². The quantitative estimate of drug-likeness (QED) is 0.354. The molecule has 0 saturated carbocycles. The fourth-order valence-corrected chi connectivity index (χ4v) is 3.22. The summed E-state index contributed by atoms with van der Waals surface area (Å²) in [4.78, 5) is 26.7. The van der Waals surface area contributed by atoms with Crippen molar-refractivity contribution in [1.82, 2.24) is 4.98 Å². The van der Waals surface area contributed by atoms with Gasteiger partial charge >= 0.3 is 15.9 Å². The molecule has 1 aliphatic heterocycles. The Hall–Kier alpha value is -1.81. The number of halogens is 2. The number of nitrogens with zero attached hydrogens (tertiary/aromatic N) is 3. The molecule has 11 heteroatoms. The minimum atomic E-state index is -4.72. The van der Waals surface area contributed by atoms with Crippen LogP contribution in [0.3, 0.4) is 0 Å². The Morgan fingerprint density at radius 2 is 2.24 bits per heavy atom. The van der Waals surface area contributed by atoms with Crippen molar-refractivity contribution in [3.05, 3.63) is 27.5 Å². The van der Waals surface area contributed by atoms with E-state index in [0.29, 0.717) is 0 Å². The lowest BCUT2D eigenvalue weighted by Crippen LogP contribution is -2.26. The largest absolute Gasteiger partial charge is 0.329 e. The normalized spacial score (nSPS) is 19.0. The first kappa shape index (κ1) is 15.6. The van der Waals surface area contributed by atoms with E-state index in [9.17, 15) is 27.2 Å². The van der Waals surface area contributed by atoms with Gasteiger partial charge in [-0.2, -0.15) is 8.42 Å². The Morgan fingerprint density at radius 1 is 1.57 bits per heavy atom. The van der Waals surface area contributed by atoms with Crippen LogP contribution in [-0.2, 0) is 15.0 Å². The SMILES string of the molecule is O=C1CC(CS(=O)(=O)F)CN1c1ccnc(Cl)c1[N+](=O)[O-]. The second-order valence-corrected chi connectivity index (χ2v) is 6.28. The van der Waals surface area contributed by atoms with Gasteiger partial charge in [0, 0.05) is 25.1 Å². The average molecular weight is 338 g/mol. The number of anilines is 1. The highest BCUT2D eigenvalue weighted by molar-refractivity contribution is 7.86. The Bertz CT molecular complexity index is 711. The number of hydrogen-bond acceptors (Lipinski definition) is 6. The van der Waals surface area contributed by atoms with Gasteiger partial charge < -0.3 is 4.90 Å². The summed E-state index contributed by atoms with van der Waals surface area (Å²) in [5.41, 5.74) is -0.625. The molecule has 1 atom stereocenters. The second-order valence-electron chi connectivity index (χ2n) is 4.51. The van der Waals surface area contributed by atoms with E-state index in [1.165, 1.54) is 12.3 Å². The number of carbonyl (C=O) groups excluding carboxylic acids is 1. The molecule has 1 amide bonds. The predicted octanol–water partition coefficient (Wildman–Crippen LogP) is 1.30. The summed E-state index contributed by atoms with van der Waals surface area (Å²) in [6, 6.07) is 1.23. The number of rotatable bonds is 4. The van der Waals surface area contributed by atoms with E-state index in [2.05, 4.69) is 4.98 Å². The molecule has 0 spiro atoms. The van der Waals surface area contributed by atoms with Crippen molar-refractivity contribution in [3.63, 3.8) is 0 Å². The van der Waals surface area contributed by atoms with E-state index in [1.807, 2.05) is 0 Å². The van der Waals surface area contributed by atoms with Crippen molar-refractivity contribution < 1.29 is 22.0 Å². The number of hydrogen-bond donors (Lipinski definition) is 0. The Morgan fingerprint density at radius 3 is 2.81 bits per heavy atom. The monoisotopic (exact) mass is 337 g/mol. The average Bonchev–Trinajstić information content (AvgIpc) is 2.66. The molecule has 0 bridgehead atoms. The lowest BCUT2D eigenvalue weighted by Gasteiger charge is -2.16. The molecule has 0 radical (unpaired) electrons. The molecular formula is C10H9ClFN3O5S. The molecule has 0 N–H and O–H groups in total. The summed E-state index contributed by atoms with van der Waals surface area (Å²) in [5, 5.41) is 10.6. The minimum absolute atomic E-state index is 0.0799. The van der Waals surface area contributed by atoms with E-state index in [-0.39, 0.29) is 23.8 Å². The van der Waals surface area contributed by atoms with E-state index in [0.717, 1.165) is 4.90 Å². The van der Waals surface area contributed by atoms with Gasteiger partial charge in [-0.25, -0.2) is 4.98 Å². The Kier molecular flexibility index (Phi) is 4.10. The highest BCUT2D eigenvalue weighted by Gasteiger charge is 2.37. The molecule has 21 heavy (non-hydrogen) atoms. The van der Waals surface area contributed by atoms with Gasteiger partial charge in [0.2, 0.25) is 11.1 Å². The van der Waals surface area contributed by atoms with E-state index in [1.54, 1.807) is 0 Å². The zero-order valence-electron chi connectivity index (χ0n) is 10.4. The zero-order chi connectivity index (χ0) is 15.8. The van der Waals surface area contributed by atoms with Crippen molar-refractivity contribution in [3.8, 4) is 0 Å². The molecule has 1 unspecified atom stereocenters. The third-order valence-corrected chi connectivity index (χ3v) is 4.12. The number of aromatic nitrogens is 1. The van der Waals surface area contributed by atoms with Crippen LogP contribution in [0, 0.1) is 16.0 Å². The first-order valence-corrected chi connectivity index (χ1v) is 7.63. The summed E-state index contributed by atoms with van der Waals surface area (Å²) >= 11 is 5.65. The van der Waals surface area contributed by atoms with Gasteiger partial charge in [-0.1, -0.05) is 11.6 Å². The first-order chi connectivity index (χ1) is 9.69. The number of amides is 1. The number of carbonyl (C=O) groups is 1. The maximum absolute atomic E-state index is 12.7. The molecule has 2 rings (SSSR count). The summed E-state index contributed by atoms with van der Waals surface area (Å²) in [7, 11) is -4.72. The predicted molar refractivity (Wildman–Crippen MR) is 71.3 cm³/mol. The van der Waals surface area contributed by atoms with E-state index in [4.69, 9.17) is 11.6 Å². The van der Waals surface area contributed by atoms with Gasteiger partial charge in [0.25, 0.3) is 0 Å². The molecule has 8 nitrogen and oxygen atoms in total. The van der Waals surface area contributed by atoms with Crippen molar-refractivity contribution in [1.29, 1.82) is 0 Å². The first-order valence-electron chi connectivity index (χ1n) is 5.70. The van der Waals surface area contributed by atoms with Crippen LogP contribution < -0.4 is 4.90 Å². The minimum Gasteiger partial charge on any atom is -0.306 e. The van der Waals surface area contributed by atoms with Gasteiger partial charge in [-0.15, -0.1) is 3.89 Å². The van der Waals surface area contributed by atoms with Gasteiger partial charge in [0.05, 0.1) is 10.7 Å². The van der Waals surface area contributed by atoms with Crippen LogP contribution in [0.1, 0.15) is 6.42 Å². The molecule has 0 aliphatic carbocycles. The van der Waals surface area contributed by atoms with Gasteiger partial charge in [-0.05, 0) is 6.07 Å².